The number of fused-ring (bicyclic) bond motifs is 1. The lowest BCUT2D eigenvalue weighted by Crippen LogP contribution is -2.64. The average Bonchev–Trinajstić information content (AvgIpc) is 2.58. The van der Waals surface area contributed by atoms with Crippen LogP contribution < -0.4 is 5.32 Å². The highest BCUT2D eigenvalue weighted by molar-refractivity contribution is 5.98. The molecule has 1 atom stereocenters. The molecule has 2 heterocycles. The lowest BCUT2D eigenvalue weighted by atomic mass is 9.89. The summed E-state index contributed by atoms with van der Waals surface area (Å²) in [5.41, 5.74) is -0.614. The van der Waals surface area contributed by atoms with Crippen LogP contribution in [-0.2, 0) is 9.59 Å². The summed E-state index contributed by atoms with van der Waals surface area (Å²) >= 11 is 0. The highest BCUT2D eigenvalue weighted by Gasteiger charge is 2.51. The molecule has 1 N–H and O–H groups in total. The Balaban J connectivity index is 2.34. The Morgan fingerprint density at radius 3 is 3.07 bits per heavy atom. The summed E-state index contributed by atoms with van der Waals surface area (Å²) in [6.07, 6.45) is 3.95. The van der Waals surface area contributed by atoms with E-state index in [9.17, 15) is 9.59 Å². The maximum atomic E-state index is 11.8. The van der Waals surface area contributed by atoms with Crippen molar-refractivity contribution < 1.29 is 9.59 Å². The normalized spacial score (nSPS) is 31.3. The van der Waals surface area contributed by atoms with Gasteiger partial charge in [0.1, 0.15) is 5.54 Å². The summed E-state index contributed by atoms with van der Waals surface area (Å²) in [7, 11) is 0. The number of hydrogen-bond acceptors (Lipinski definition) is 2. The first-order valence-corrected chi connectivity index (χ1v) is 4.90. The summed E-state index contributed by atoms with van der Waals surface area (Å²) < 4.78 is 0. The smallest absolute Gasteiger partial charge is 0.246 e. The van der Waals surface area contributed by atoms with Gasteiger partial charge < -0.3 is 10.2 Å². The molecule has 4 heteroatoms. The van der Waals surface area contributed by atoms with Gasteiger partial charge in [0.05, 0.1) is 6.54 Å². The third-order valence-corrected chi connectivity index (χ3v) is 3.09. The first-order chi connectivity index (χ1) is 6.70. The number of carbonyl (C=O) groups excluding carboxylic acids is 2. The van der Waals surface area contributed by atoms with E-state index in [2.05, 4.69) is 11.9 Å². The van der Waals surface area contributed by atoms with Crippen LogP contribution in [-0.4, -0.2) is 35.3 Å². The van der Waals surface area contributed by atoms with Gasteiger partial charge in [-0.1, -0.05) is 6.08 Å². The largest absolute Gasteiger partial charge is 0.345 e. The highest BCUT2D eigenvalue weighted by atomic mass is 16.2. The molecule has 14 heavy (non-hydrogen) atoms. The Labute approximate surface area is 83.0 Å². The van der Waals surface area contributed by atoms with Crippen LogP contribution in [0.1, 0.15) is 19.3 Å². The minimum absolute atomic E-state index is 0.0190. The van der Waals surface area contributed by atoms with Gasteiger partial charge in [-0.3, -0.25) is 9.59 Å². The van der Waals surface area contributed by atoms with E-state index in [4.69, 9.17) is 0 Å². The Kier molecular flexibility index (Phi) is 2.06. The molecule has 2 amide bonds. The van der Waals surface area contributed by atoms with E-state index in [1.54, 1.807) is 11.0 Å². The van der Waals surface area contributed by atoms with E-state index in [0.29, 0.717) is 13.0 Å². The summed E-state index contributed by atoms with van der Waals surface area (Å²) in [6.45, 7) is 4.51. The van der Waals surface area contributed by atoms with Crippen LogP contribution in [0.5, 0.6) is 0 Å². The van der Waals surface area contributed by atoms with Crippen LogP contribution >= 0.6 is 0 Å². The van der Waals surface area contributed by atoms with Crippen molar-refractivity contribution in [2.45, 2.75) is 24.8 Å². The molecule has 2 saturated heterocycles. The first kappa shape index (κ1) is 9.24. The first-order valence-electron chi connectivity index (χ1n) is 4.90. The fourth-order valence-electron chi connectivity index (χ4n) is 2.44. The molecule has 0 aliphatic carbocycles. The fourth-order valence-corrected chi connectivity index (χ4v) is 2.44. The summed E-state index contributed by atoms with van der Waals surface area (Å²) in [5, 5.41) is 2.65. The third-order valence-electron chi connectivity index (χ3n) is 3.09. The molecule has 76 valence electrons. The highest BCUT2D eigenvalue weighted by Crippen LogP contribution is 2.34. The molecule has 2 fully saturated rings. The average molecular weight is 194 g/mol. The molecule has 0 spiro atoms. The van der Waals surface area contributed by atoms with Crippen LogP contribution in [0.3, 0.4) is 0 Å². The predicted octanol–water partition coefficient (Wildman–Crippen LogP) is 0.0535. The molecule has 0 radical (unpaired) electrons. The molecule has 4 nitrogen and oxygen atoms in total. The molecule has 0 bridgehead atoms. The lowest BCUT2D eigenvalue weighted by molar-refractivity contribution is -0.150. The molecule has 0 unspecified atom stereocenters. The zero-order chi connectivity index (χ0) is 10.2. The number of rotatable bonds is 2. The van der Waals surface area contributed by atoms with Crippen molar-refractivity contribution in [2.75, 3.05) is 13.1 Å². The van der Waals surface area contributed by atoms with Crippen LogP contribution in [0.4, 0.5) is 0 Å². The van der Waals surface area contributed by atoms with Crippen LogP contribution in [0.15, 0.2) is 12.7 Å². The monoisotopic (exact) mass is 194 g/mol. The van der Waals surface area contributed by atoms with Gasteiger partial charge in [0, 0.05) is 6.54 Å². The molecule has 0 saturated carbocycles. The van der Waals surface area contributed by atoms with Crippen molar-refractivity contribution >= 4 is 11.8 Å². The number of nitrogens with zero attached hydrogens (tertiary/aromatic N) is 1. The van der Waals surface area contributed by atoms with Crippen molar-refractivity contribution in [3.63, 3.8) is 0 Å². The van der Waals surface area contributed by atoms with E-state index >= 15 is 0 Å². The summed E-state index contributed by atoms with van der Waals surface area (Å²) in [6, 6.07) is 0. The second-order valence-corrected chi connectivity index (χ2v) is 3.86. The second kappa shape index (κ2) is 3.12. The molecule has 2 rings (SSSR count). The SMILES string of the molecule is C=CC[C@@]12CCCN1C(=O)CNC2=O. The van der Waals surface area contributed by atoms with Crippen molar-refractivity contribution in [2.24, 2.45) is 0 Å². The van der Waals surface area contributed by atoms with E-state index < -0.39 is 5.54 Å². The standard InChI is InChI=1S/C10H14N2O2/c1-2-4-10-5-3-6-12(10)8(13)7-11-9(10)14/h2H,1,3-7H2,(H,11,14)/t10-/m0/s1. The van der Waals surface area contributed by atoms with Gasteiger partial charge in [-0.25, -0.2) is 0 Å². The fraction of sp³-hybridized carbons (Fsp3) is 0.600. The third kappa shape index (κ3) is 1.06. The van der Waals surface area contributed by atoms with Gasteiger partial charge >= 0.3 is 0 Å². The maximum absolute atomic E-state index is 11.8. The van der Waals surface area contributed by atoms with Crippen LogP contribution in [0, 0.1) is 0 Å². The number of hydrogen-bond donors (Lipinski definition) is 1. The van der Waals surface area contributed by atoms with Crippen molar-refractivity contribution in [3.8, 4) is 0 Å². The van der Waals surface area contributed by atoms with Gasteiger partial charge in [0.15, 0.2) is 0 Å². The van der Waals surface area contributed by atoms with E-state index in [-0.39, 0.29) is 18.4 Å². The van der Waals surface area contributed by atoms with Gasteiger partial charge in [-0.05, 0) is 19.3 Å². The Morgan fingerprint density at radius 2 is 2.36 bits per heavy atom. The van der Waals surface area contributed by atoms with Gasteiger partial charge in [0.2, 0.25) is 11.8 Å². The number of piperazine rings is 1. The van der Waals surface area contributed by atoms with Crippen molar-refractivity contribution in [3.05, 3.63) is 12.7 Å². The number of nitrogens with one attached hydrogen (secondary N) is 1. The minimum Gasteiger partial charge on any atom is -0.345 e. The quantitative estimate of drug-likeness (QED) is 0.632. The minimum atomic E-state index is -0.614. The number of amides is 2. The Hall–Kier alpha value is -1.32. The van der Waals surface area contributed by atoms with Crippen LogP contribution in [0.2, 0.25) is 0 Å². The molecule has 2 aliphatic rings. The number of carbonyl (C=O) groups is 2. The summed E-state index contributed by atoms with van der Waals surface area (Å²) in [5.74, 6) is 0.0125. The van der Waals surface area contributed by atoms with E-state index in [0.717, 1.165) is 12.8 Å². The van der Waals surface area contributed by atoms with E-state index in [1.807, 2.05) is 0 Å². The zero-order valence-corrected chi connectivity index (χ0v) is 8.08. The molecular weight excluding hydrogens is 180 g/mol. The van der Waals surface area contributed by atoms with Crippen LogP contribution in [0.25, 0.3) is 0 Å². The van der Waals surface area contributed by atoms with E-state index in [1.165, 1.54) is 0 Å². The molecule has 0 aromatic rings. The molecular formula is C10H14N2O2. The second-order valence-electron chi connectivity index (χ2n) is 3.86. The Bertz CT molecular complexity index is 300. The van der Waals surface area contributed by atoms with Crippen molar-refractivity contribution in [1.29, 1.82) is 0 Å². The lowest BCUT2D eigenvalue weighted by Gasteiger charge is -2.40. The maximum Gasteiger partial charge on any atom is 0.246 e. The predicted molar refractivity (Wildman–Crippen MR) is 51.5 cm³/mol. The van der Waals surface area contributed by atoms with Crippen molar-refractivity contribution in [1.82, 2.24) is 10.2 Å². The van der Waals surface area contributed by atoms with Gasteiger partial charge in [-0.2, -0.15) is 0 Å². The topological polar surface area (TPSA) is 49.4 Å². The molecule has 0 aromatic heterocycles. The Morgan fingerprint density at radius 1 is 1.57 bits per heavy atom. The molecule has 2 aliphatic heterocycles. The zero-order valence-electron chi connectivity index (χ0n) is 8.08. The van der Waals surface area contributed by atoms with Gasteiger partial charge in [-0.15, -0.1) is 6.58 Å². The van der Waals surface area contributed by atoms with Gasteiger partial charge in [0.25, 0.3) is 0 Å². The molecule has 0 aromatic carbocycles. The summed E-state index contributed by atoms with van der Waals surface area (Å²) in [4.78, 5) is 25.1.